The summed E-state index contributed by atoms with van der Waals surface area (Å²) in [5.41, 5.74) is 1.82. The number of carbonyl (C=O) groups excluding carboxylic acids is 2. The number of methoxy groups -OCH3 is 1. The van der Waals surface area contributed by atoms with E-state index in [0.29, 0.717) is 18.4 Å². The number of fused-ring (bicyclic) bond motifs is 2. The van der Waals surface area contributed by atoms with E-state index in [1.54, 1.807) is 24.3 Å². The summed E-state index contributed by atoms with van der Waals surface area (Å²) in [6.07, 6.45) is 0.652. The predicted molar refractivity (Wildman–Crippen MR) is 132 cm³/mol. The van der Waals surface area contributed by atoms with Crippen molar-refractivity contribution in [3.05, 3.63) is 77.4 Å². The first kappa shape index (κ1) is 26.4. The molecule has 3 N–H and O–H groups in total. The number of aliphatic hydroxyl groups is 2. The normalized spacial score (nSPS) is 26.9. The van der Waals surface area contributed by atoms with E-state index in [4.69, 9.17) is 18.9 Å². The molecule has 0 aliphatic carbocycles. The molecule has 4 rings (SSSR count). The van der Waals surface area contributed by atoms with Crippen LogP contribution in [0.2, 0.25) is 0 Å². The first-order valence-electron chi connectivity index (χ1n) is 12.0. The molecule has 5 atom stereocenters. The molecule has 1 saturated heterocycles. The maximum absolute atomic E-state index is 13.5. The topological polar surface area (TPSA) is 132 Å². The predicted octanol–water partition coefficient (Wildman–Crippen LogP) is 2.67. The Labute approximate surface area is 214 Å². The highest BCUT2D eigenvalue weighted by Crippen LogP contribution is 2.38. The molecule has 2 aromatic rings. The van der Waals surface area contributed by atoms with Crippen molar-refractivity contribution >= 4 is 18.0 Å². The van der Waals surface area contributed by atoms with Gasteiger partial charge in [0, 0.05) is 12.5 Å². The van der Waals surface area contributed by atoms with Gasteiger partial charge in [0.25, 0.3) is 0 Å². The first-order chi connectivity index (χ1) is 17.7. The van der Waals surface area contributed by atoms with E-state index in [1.807, 2.05) is 30.3 Å². The molecule has 0 radical (unpaired) electrons. The summed E-state index contributed by atoms with van der Waals surface area (Å²) in [4.78, 5) is 25.3. The van der Waals surface area contributed by atoms with Gasteiger partial charge in [-0.3, -0.25) is 4.79 Å². The number of hydrogen-bond acceptors (Lipinski definition) is 9. The zero-order valence-electron chi connectivity index (χ0n) is 20.6. The van der Waals surface area contributed by atoms with Gasteiger partial charge in [-0.15, -0.1) is 0 Å². The van der Waals surface area contributed by atoms with Crippen molar-refractivity contribution in [3.63, 3.8) is 0 Å². The minimum atomic E-state index is -2.08. The molecule has 0 saturated carbocycles. The van der Waals surface area contributed by atoms with Crippen molar-refractivity contribution in [1.29, 1.82) is 0 Å². The maximum atomic E-state index is 13.5. The molecule has 2 aliphatic rings. The van der Waals surface area contributed by atoms with Crippen LogP contribution in [0.15, 0.2) is 66.3 Å². The van der Waals surface area contributed by atoms with E-state index in [1.165, 1.54) is 26.2 Å². The summed E-state index contributed by atoms with van der Waals surface area (Å²) in [6.45, 7) is 1.17. The van der Waals surface area contributed by atoms with Gasteiger partial charge in [-0.25, -0.2) is 4.79 Å². The summed E-state index contributed by atoms with van der Waals surface area (Å²) in [5.74, 6) is -3.38. The molecule has 2 bridgehead atoms. The molecule has 0 aromatic heterocycles. The number of benzene rings is 2. The number of phenolic OH excluding ortho intramolecular Hbond substituents is 1. The van der Waals surface area contributed by atoms with E-state index >= 15 is 0 Å². The number of hydrogen-bond donors (Lipinski definition) is 3. The van der Waals surface area contributed by atoms with Crippen LogP contribution in [0, 0.1) is 0 Å². The van der Waals surface area contributed by atoms with Crippen LogP contribution in [0.3, 0.4) is 0 Å². The van der Waals surface area contributed by atoms with Gasteiger partial charge >= 0.3 is 11.9 Å². The van der Waals surface area contributed by atoms with E-state index < -0.39 is 42.1 Å². The zero-order valence-corrected chi connectivity index (χ0v) is 20.6. The van der Waals surface area contributed by atoms with Crippen LogP contribution >= 0.6 is 0 Å². The Morgan fingerprint density at radius 2 is 1.92 bits per heavy atom. The molecule has 9 nitrogen and oxygen atoms in total. The van der Waals surface area contributed by atoms with Crippen molar-refractivity contribution in [2.24, 2.45) is 0 Å². The lowest BCUT2D eigenvalue weighted by atomic mass is 9.87. The van der Waals surface area contributed by atoms with Crippen LogP contribution in [-0.2, 0) is 30.2 Å². The molecule has 2 aliphatic heterocycles. The minimum Gasteiger partial charge on any atom is -0.504 e. The molecule has 9 heteroatoms. The number of aromatic hydroxyl groups is 1. The lowest BCUT2D eigenvalue weighted by Crippen LogP contribution is -2.66. The summed E-state index contributed by atoms with van der Waals surface area (Å²) < 4.78 is 21.8. The van der Waals surface area contributed by atoms with Crippen LogP contribution in [0.4, 0.5) is 0 Å². The fourth-order valence-corrected chi connectivity index (χ4v) is 4.51. The van der Waals surface area contributed by atoms with Crippen LogP contribution in [0.25, 0.3) is 6.08 Å². The van der Waals surface area contributed by atoms with Crippen LogP contribution in [0.1, 0.15) is 30.9 Å². The van der Waals surface area contributed by atoms with Gasteiger partial charge in [-0.05, 0) is 54.7 Å². The van der Waals surface area contributed by atoms with E-state index in [2.05, 4.69) is 0 Å². The molecule has 0 amide bonds. The smallest absolute Gasteiger partial charge is 0.334 e. The van der Waals surface area contributed by atoms with Crippen LogP contribution in [0.5, 0.6) is 11.5 Å². The quantitative estimate of drug-likeness (QED) is 0.279. The third-order valence-corrected chi connectivity index (χ3v) is 6.36. The monoisotopic (exact) mass is 510 g/mol. The van der Waals surface area contributed by atoms with Gasteiger partial charge in [0.15, 0.2) is 23.7 Å². The Hall–Kier alpha value is -3.66. The Balaban J connectivity index is 1.66. The average Bonchev–Trinajstić information content (AvgIpc) is 2.88. The first-order valence-corrected chi connectivity index (χ1v) is 12.0. The molecule has 196 valence electrons. The maximum Gasteiger partial charge on any atom is 0.334 e. The van der Waals surface area contributed by atoms with Crippen molar-refractivity contribution in [2.75, 3.05) is 7.11 Å². The van der Waals surface area contributed by atoms with Gasteiger partial charge in [0.1, 0.15) is 6.10 Å². The molecule has 0 spiro atoms. The van der Waals surface area contributed by atoms with Gasteiger partial charge in [0.2, 0.25) is 5.79 Å². The number of ether oxygens (including phenoxy) is 4. The third kappa shape index (κ3) is 6.02. The average molecular weight is 511 g/mol. The zero-order chi connectivity index (χ0) is 26.6. The lowest BCUT2D eigenvalue weighted by molar-refractivity contribution is -0.329. The van der Waals surface area contributed by atoms with Gasteiger partial charge in [-0.2, -0.15) is 0 Å². The highest BCUT2D eigenvalue weighted by Gasteiger charge is 2.57. The van der Waals surface area contributed by atoms with E-state index in [-0.39, 0.29) is 23.5 Å². The molecule has 1 fully saturated rings. The highest BCUT2D eigenvalue weighted by atomic mass is 16.7. The highest BCUT2D eigenvalue weighted by molar-refractivity contribution is 5.94. The van der Waals surface area contributed by atoms with Crippen molar-refractivity contribution in [1.82, 2.24) is 0 Å². The molecule has 2 aromatic carbocycles. The summed E-state index contributed by atoms with van der Waals surface area (Å²) in [5, 5.41) is 31.8. The number of rotatable bonds is 8. The van der Waals surface area contributed by atoms with Crippen LogP contribution in [-0.4, -0.2) is 64.6 Å². The SMILES string of the molecule is COc1cc(C=C(CCc2ccccc2)C(=O)O[C@@H]2[C@@H](OC(C)=O)[C@@H](O)[C@H]3CC=C[C@@]2(O)O3)ccc1O. The van der Waals surface area contributed by atoms with Crippen molar-refractivity contribution in [3.8, 4) is 11.5 Å². The van der Waals surface area contributed by atoms with Crippen LogP contribution < -0.4 is 4.74 Å². The van der Waals surface area contributed by atoms with Gasteiger partial charge < -0.3 is 34.3 Å². The Morgan fingerprint density at radius 3 is 2.62 bits per heavy atom. The molecule has 2 heterocycles. The van der Waals surface area contributed by atoms with Crippen molar-refractivity contribution < 1.29 is 43.9 Å². The Kier molecular flexibility index (Phi) is 7.97. The standard InChI is InChI=1S/C28H30O9/c1-17(29)35-25-24(31)22-9-6-14-28(33,37-22)26(25)36-27(32)20(12-10-18-7-4-3-5-8-18)15-19-11-13-21(30)23(16-19)34-2/h3-8,11,13-16,22,24-26,30-31,33H,9-10,12H2,1-2H3/t22-,24+,25+,26-,28-/m1/s1. The summed E-state index contributed by atoms with van der Waals surface area (Å²) >= 11 is 0. The molecule has 37 heavy (non-hydrogen) atoms. The van der Waals surface area contributed by atoms with Gasteiger partial charge in [0.05, 0.1) is 13.2 Å². The van der Waals surface area contributed by atoms with E-state index in [0.717, 1.165) is 5.56 Å². The number of phenols is 1. The minimum absolute atomic E-state index is 0.0495. The number of esters is 2. The number of aliphatic hydroxyl groups excluding tert-OH is 1. The summed E-state index contributed by atoms with van der Waals surface area (Å²) in [7, 11) is 1.42. The Bertz CT molecular complexity index is 1190. The fraction of sp³-hybridized carbons (Fsp3) is 0.357. The summed E-state index contributed by atoms with van der Waals surface area (Å²) in [6, 6.07) is 14.2. The second-order valence-corrected chi connectivity index (χ2v) is 9.02. The van der Waals surface area contributed by atoms with E-state index in [9.17, 15) is 24.9 Å². The number of carbonyl (C=O) groups is 2. The third-order valence-electron chi connectivity index (χ3n) is 6.36. The number of aryl methyl sites for hydroxylation is 1. The second kappa shape index (κ2) is 11.2. The van der Waals surface area contributed by atoms with Gasteiger partial charge in [-0.1, -0.05) is 42.5 Å². The lowest BCUT2D eigenvalue weighted by Gasteiger charge is -2.48. The van der Waals surface area contributed by atoms with Crippen molar-refractivity contribution in [2.45, 2.75) is 56.4 Å². The molecular formula is C28H30O9. The second-order valence-electron chi connectivity index (χ2n) is 9.02. The molecule has 0 unspecified atom stereocenters. The fourth-order valence-electron chi connectivity index (χ4n) is 4.51. The largest absolute Gasteiger partial charge is 0.504 e. The molecular weight excluding hydrogens is 480 g/mol. The Morgan fingerprint density at radius 1 is 1.16 bits per heavy atom.